The van der Waals surface area contributed by atoms with E-state index < -0.39 is 0 Å². The fourth-order valence-corrected chi connectivity index (χ4v) is 1.73. The summed E-state index contributed by atoms with van der Waals surface area (Å²) in [6.45, 7) is 3.29. The molecule has 0 aromatic heterocycles. The van der Waals surface area contributed by atoms with Crippen molar-refractivity contribution in [2.75, 3.05) is 0 Å². The molecule has 0 bridgehead atoms. The van der Waals surface area contributed by atoms with E-state index in [1.165, 1.54) is 24.0 Å². The van der Waals surface area contributed by atoms with Crippen molar-refractivity contribution in [3.8, 4) is 0 Å². The third kappa shape index (κ3) is 1.51. The number of rotatable bonds is 0. The van der Waals surface area contributed by atoms with E-state index in [0.717, 1.165) is 6.54 Å². The van der Waals surface area contributed by atoms with Gasteiger partial charge in [-0.15, -0.1) is 0 Å². The van der Waals surface area contributed by atoms with Crippen LogP contribution in [0.1, 0.15) is 24.5 Å². The Labute approximate surface area is 73.8 Å². The van der Waals surface area contributed by atoms with E-state index in [1.54, 1.807) is 0 Å². The highest BCUT2D eigenvalue weighted by atomic mass is 14.9. The lowest BCUT2D eigenvalue weighted by molar-refractivity contribution is 0.534. The molecule has 0 saturated heterocycles. The van der Waals surface area contributed by atoms with Crippen LogP contribution in [-0.2, 0) is 13.0 Å². The zero-order chi connectivity index (χ0) is 8.39. The van der Waals surface area contributed by atoms with Gasteiger partial charge in [-0.3, -0.25) is 0 Å². The summed E-state index contributed by atoms with van der Waals surface area (Å²) < 4.78 is 0. The fourth-order valence-electron chi connectivity index (χ4n) is 1.73. The molecule has 1 N–H and O–H groups in total. The molecule has 1 heteroatoms. The Morgan fingerprint density at radius 3 is 2.83 bits per heavy atom. The maximum Gasteiger partial charge on any atom is 0.0210 e. The van der Waals surface area contributed by atoms with Gasteiger partial charge in [0.25, 0.3) is 0 Å². The van der Waals surface area contributed by atoms with Gasteiger partial charge in [-0.2, -0.15) is 0 Å². The highest BCUT2D eigenvalue weighted by molar-refractivity contribution is 5.28. The number of benzene rings is 1. The first-order chi connectivity index (χ1) is 5.86. The average Bonchev–Trinajstić information content (AvgIpc) is 2.29. The predicted molar refractivity (Wildman–Crippen MR) is 51.1 cm³/mol. The van der Waals surface area contributed by atoms with E-state index in [1.807, 2.05) is 0 Å². The maximum atomic E-state index is 3.50. The summed E-state index contributed by atoms with van der Waals surface area (Å²) in [5.74, 6) is 0. The Morgan fingerprint density at radius 1 is 1.25 bits per heavy atom. The molecule has 0 fully saturated rings. The minimum atomic E-state index is 0.664. The smallest absolute Gasteiger partial charge is 0.0210 e. The first-order valence-electron chi connectivity index (χ1n) is 4.66. The topological polar surface area (TPSA) is 12.0 Å². The molecule has 1 aromatic rings. The molecule has 1 unspecified atom stereocenters. The minimum absolute atomic E-state index is 0.664. The highest BCUT2D eigenvalue weighted by Crippen LogP contribution is 2.15. The molecule has 1 atom stereocenters. The molecule has 0 amide bonds. The summed E-state index contributed by atoms with van der Waals surface area (Å²) in [5, 5.41) is 3.50. The number of hydrogen-bond donors (Lipinski definition) is 1. The summed E-state index contributed by atoms with van der Waals surface area (Å²) in [6, 6.07) is 9.39. The van der Waals surface area contributed by atoms with Crippen LogP contribution in [0.4, 0.5) is 0 Å². The van der Waals surface area contributed by atoms with Crippen molar-refractivity contribution in [3.63, 3.8) is 0 Å². The van der Waals surface area contributed by atoms with Gasteiger partial charge >= 0.3 is 0 Å². The molecule has 0 saturated carbocycles. The SMILES string of the molecule is CC1CCc2ccccc2CN1. The third-order valence-electron chi connectivity index (χ3n) is 2.61. The van der Waals surface area contributed by atoms with Crippen LogP contribution in [0.25, 0.3) is 0 Å². The van der Waals surface area contributed by atoms with Gasteiger partial charge in [0.15, 0.2) is 0 Å². The molecule has 0 spiro atoms. The van der Waals surface area contributed by atoms with Crippen LogP contribution >= 0.6 is 0 Å². The zero-order valence-electron chi connectivity index (χ0n) is 7.51. The Balaban J connectivity index is 2.26. The van der Waals surface area contributed by atoms with Gasteiger partial charge in [-0.1, -0.05) is 24.3 Å². The molecule has 12 heavy (non-hydrogen) atoms. The van der Waals surface area contributed by atoms with Gasteiger partial charge in [0.1, 0.15) is 0 Å². The van der Waals surface area contributed by atoms with E-state index >= 15 is 0 Å². The molecule has 1 aliphatic heterocycles. The van der Waals surface area contributed by atoms with E-state index in [-0.39, 0.29) is 0 Å². The summed E-state index contributed by atoms with van der Waals surface area (Å²) in [4.78, 5) is 0. The number of nitrogens with one attached hydrogen (secondary N) is 1. The molecule has 0 radical (unpaired) electrons. The lowest BCUT2D eigenvalue weighted by Gasteiger charge is -2.07. The largest absolute Gasteiger partial charge is 0.310 e. The second kappa shape index (κ2) is 3.28. The first-order valence-corrected chi connectivity index (χ1v) is 4.66. The Bertz CT molecular complexity index is 240. The van der Waals surface area contributed by atoms with Crippen LogP contribution in [0.3, 0.4) is 0 Å². The van der Waals surface area contributed by atoms with Crippen LogP contribution in [0.5, 0.6) is 0 Å². The van der Waals surface area contributed by atoms with Gasteiger partial charge in [0.2, 0.25) is 0 Å². The lowest BCUT2D eigenvalue weighted by Crippen LogP contribution is -2.23. The molecule has 1 aromatic carbocycles. The summed E-state index contributed by atoms with van der Waals surface area (Å²) in [5.41, 5.74) is 3.00. The molecule has 64 valence electrons. The number of aryl methyl sites for hydroxylation is 1. The minimum Gasteiger partial charge on any atom is -0.310 e. The first kappa shape index (κ1) is 7.81. The molecule has 0 aliphatic carbocycles. The molecular formula is C11H15N. The quantitative estimate of drug-likeness (QED) is 0.614. The van der Waals surface area contributed by atoms with Gasteiger partial charge in [-0.05, 0) is 30.9 Å². The summed E-state index contributed by atoms with van der Waals surface area (Å²) >= 11 is 0. The third-order valence-corrected chi connectivity index (χ3v) is 2.61. The average molecular weight is 161 g/mol. The fraction of sp³-hybridized carbons (Fsp3) is 0.455. The van der Waals surface area contributed by atoms with Crippen molar-refractivity contribution in [3.05, 3.63) is 35.4 Å². The van der Waals surface area contributed by atoms with Crippen LogP contribution in [0.2, 0.25) is 0 Å². The number of fused-ring (bicyclic) bond motifs is 1. The lowest BCUT2D eigenvalue weighted by atomic mass is 10.0. The number of hydrogen-bond acceptors (Lipinski definition) is 1. The molecule has 1 nitrogen and oxygen atoms in total. The molecule has 1 aliphatic rings. The van der Waals surface area contributed by atoms with Crippen LogP contribution in [0, 0.1) is 0 Å². The summed E-state index contributed by atoms with van der Waals surface area (Å²) in [7, 11) is 0. The van der Waals surface area contributed by atoms with Gasteiger partial charge in [0.05, 0.1) is 0 Å². The van der Waals surface area contributed by atoms with Gasteiger partial charge in [-0.25, -0.2) is 0 Å². The monoisotopic (exact) mass is 161 g/mol. The van der Waals surface area contributed by atoms with E-state index in [9.17, 15) is 0 Å². The van der Waals surface area contributed by atoms with E-state index in [2.05, 4.69) is 36.5 Å². The van der Waals surface area contributed by atoms with Gasteiger partial charge in [0, 0.05) is 12.6 Å². The van der Waals surface area contributed by atoms with Gasteiger partial charge < -0.3 is 5.32 Å². The highest BCUT2D eigenvalue weighted by Gasteiger charge is 2.10. The van der Waals surface area contributed by atoms with Crippen molar-refractivity contribution < 1.29 is 0 Å². The maximum absolute atomic E-state index is 3.50. The normalized spacial score (nSPS) is 22.9. The molecular weight excluding hydrogens is 146 g/mol. The van der Waals surface area contributed by atoms with Crippen LogP contribution in [-0.4, -0.2) is 6.04 Å². The van der Waals surface area contributed by atoms with E-state index in [0.29, 0.717) is 6.04 Å². The van der Waals surface area contributed by atoms with Crippen molar-refractivity contribution in [2.24, 2.45) is 0 Å². The zero-order valence-corrected chi connectivity index (χ0v) is 7.51. The van der Waals surface area contributed by atoms with Crippen molar-refractivity contribution >= 4 is 0 Å². The Kier molecular flexibility index (Phi) is 2.13. The Morgan fingerprint density at radius 2 is 2.00 bits per heavy atom. The molecule has 2 rings (SSSR count). The predicted octanol–water partition coefficient (Wildman–Crippen LogP) is 2.11. The van der Waals surface area contributed by atoms with Crippen molar-refractivity contribution in [2.45, 2.75) is 32.4 Å². The van der Waals surface area contributed by atoms with Crippen molar-refractivity contribution in [1.29, 1.82) is 0 Å². The standard InChI is InChI=1S/C11H15N/c1-9-6-7-10-4-2-3-5-11(10)8-12-9/h2-5,9,12H,6-8H2,1H3. The second-order valence-corrected chi connectivity index (χ2v) is 3.59. The molecule has 1 heterocycles. The second-order valence-electron chi connectivity index (χ2n) is 3.59. The summed E-state index contributed by atoms with van der Waals surface area (Å²) in [6.07, 6.45) is 2.49. The van der Waals surface area contributed by atoms with Crippen molar-refractivity contribution in [1.82, 2.24) is 5.32 Å². The van der Waals surface area contributed by atoms with Crippen LogP contribution < -0.4 is 5.32 Å². The van der Waals surface area contributed by atoms with Crippen LogP contribution in [0.15, 0.2) is 24.3 Å². The van der Waals surface area contributed by atoms with E-state index in [4.69, 9.17) is 0 Å². The Hall–Kier alpha value is -0.820.